The highest BCUT2D eigenvalue weighted by Crippen LogP contribution is 2.16. The lowest BCUT2D eigenvalue weighted by molar-refractivity contribution is 0.0827. The Labute approximate surface area is 163 Å². The van der Waals surface area contributed by atoms with Crippen molar-refractivity contribution in [1.82, 2.24) is 20.4 Å². The molecule has 1 atom stereocenters. The Morgan fingerprint density at radius 2 is 1.85 bits per heavy atom. The fourth-order valence-corrected chi connectivity index (χ4v) is 3.40. The van der Waals surface area contributed by atoms with Gasteiger partial charge in [-0.15, -0.1) is 0 Å². The zero-order valence-corrected chi connectivity index (χ0v) is 17.0. The molecule has 1 aromatic rings. The summed E-state index contributed by atoms with van der Waals surface area (Å²) < 4.78 is 0. The fraction of sp³-hybridized carbons (Fsp3) is 0.619. The van der Waals surface area contributed by atoms with Gasteiger partial charge in [-0.3, -0.25) is 4.79 Å². The summed E-state index contributed by atoms with van der Waals surface area (Å²) in [6.07, 6.45) is 6.10. The zero-order valence-electron chi connectivity index (χ0n) is 17.0. The molecule has 0 spiro atoms. The number of amides is 3. The van der Waals surface area contributed by atoms with Crippen molar-refractivity contribution in [3.63, 3.8) is 0 Å². The van der Waals surface area contributed by atoms with Crippen molar-refractivity contribution >= 4 is 11.9 Å². The van der Waals surface area contributed by atoms with Crippen molar-refractivity contribution in [2.45, 2.75) is 51.6 Å². The smallest absolute Gasteiger partial charge is 0.315 e. The van der Waals surface area contributed by atoms with Gasteiger partial charge in [0.2, 0.25) is 0 Å². The maximum absolute atomic E-state index is 11.9. The average molecular weight is 375 g/mol. The molecule has 1 fully saturated rings. The highest BCUT2D eigenvalue weighted by molar-refractivity contribution is 5.93. The second-order valence-corrected chi connectivity index (χ2v) is 7.59. The molecule has 1 aliphatic heterocycles. The number of urea groups is 1. The lowest BCUT2D eigenvalue weighted by atomic mass is 10.0. The number of nitrogens with zero attached hydrogens (tertiary/aromatic N) is 2. The molecule has 0 aliphatic carbocycles. The molecule has 0 bridgehead atoms. The molecular weight excluding hydrogens is 340 g/mol. The number of rotatable bonds is 8. The second-order valence-electron chi connectivity index (χ2n) is 7.59. The number of hydrogen-bond donors (Lipinski definition) is 2. The molecule has 0 saturated carbocycles. The highest BCUT2D eigenvalue weighted by atomic mass is 16.2. The van der Waals surface area contributed by atoms with Crippen LogP contribution >= 0.6 is 0 Å². The second kappa shape index (κ2) is 10.9. The van der Waals surface area contributed by atoms with Crippen molar-refractivity contribution in [2.24, 2.45) is 0 Å². The molecule has 2 N–H and O–H groups in total. The van der Waals surface area contributed by atoms with Gasteiger partial charge in [0.1, 0.15) is 0 Å². The summed E-state index contributed by atoms with van der Waals surface area (Å²) in [7, 11) is 3.46. The van der Waals surface area contributed by atoms with Crippen LogP contribution in [0.15, 0.2) is 24.3 Å². The number of carbonyl (C=O) groups excluding carboxylic acids is 2. The lowest BCUT2D eigenvalue weighted by Gasteiger charge is -2.33. The molecule has 6 nitrogen and oxygen atoms in total. The first-order valence-electron chi connectivity index (χ1n) is 10.0. The van der Waals surface area contributed by atoms with Crippen LogP contribution in [0.2, 0.25) is 0 Å². The zero-order chi connectivity index (χ0) is 19.6. The number of nitrogens with one attached hydrogen (secondary N) is 2. The van der Waals surface area contributed by atoms with Crippen LogP contribution < -0.4 is 10.6 Å². The minimum absolute atomic E-state index is 0.0220. The van der Waals surface area contributed by atoms with E-state index in [4.69, 9.17) is 0 Å². The first-order valence-corrected chi connectivity index (χ1v) is 10.0. The van der Waals surface area contributed by atoms with Gasteiger partial charge in [0.05, 0.1) is 0 Å². The molecule has 150 valence electrons. The first kappa shape index (κ1) is 21.2. The first-order chi connectivity index (χ1) is 13.0. The Hall–Kier alpha value is -2.08. The largest absolute Gasteiger partial charge is 0.345 e. The van der Waals surface area contributed by atoms with Gasteiger partial charge in [0.25, 0.3) is 5.91 Å². The third-order valence-electron chi connectivity index (χ3n) is 5.16. The minimum Gasteiger partial charge on any atom is -0.345 e. The third-order valence-corrected chi connectivity index (χ3v) is 5.16. The number of hydrogen-bond acceptors (Lipinski definition) is 3. The average Bonchev–Trinajstić information content (AvgIpc) is 2.67. The molecule has 2 rings (SSSR count). The Morgan fingerprint density at radius 1 is 1.11 bits per heavy atom. The van der Waals surface area contributed by atoms with Crippen molar-refractivity contribution in [3.8, 4) is 0 Å². The molecule has 0 radical (unpaired) electrons. The van der Waals surface area contributed by atoms with Gasteiger partial charge in [-0.2, -0.15) is 0 Å². The quantitative estimate of drug-likeness (QED) is 0.688. The van der Waals surface area contributed by atoms with E-state index in [2.05, 4.69) is 22.5 Å². The maximum atomic E-state index is 11.9. The van der Waals surface area contributed by atoms with Crippen LogP contribution in [0.1, 0.15) is 54.9 Å². The molecule has 3 amide bonds. The van der Waals surface area contributed by atoms with Crippen LogP contribution in [0.5, 0.6) is 0 Å². The van der Waals surface area contributed by atoms with E-state index >= 15 is 0 Å². The van der Waals surface area contributed by atoms with Gasteiger partial charge in [-0.25, -0.2) is 4.79 Å². The molecule has 1 aromatic carbocycles. The summed E-state index contributed by atoms with van der Waals surface area (Å²) in [5.74, 6) is -0.0220. The molecule has 6 heteroatoms. The molecule has 0 aromatic heterocycles. The van der Waals surface area contributed by atoms with Gasteiger partial charge < -0.3 is 20.4 Å². The van der Waals surface area contributed by atoms with Crippen molar-refractivity contribution < 1.29 is 9.59 Å². The summed E-state index contributed by atoms with van der Waals surface area (Å²) >= 11 is 0. The summed E-state index contributed by atoms with van der Waals surface area (Å²) in [4.78, 5) is 27.9. The van der Waals surface area contributed by atoms with Gasteiger partial charge in [-0.05, 0) is 63.4 Å². The Balaban J connectivity index is 1.58. The molecule has 0 unspecified atom stereocenters. The van der Waals surface area contributed by atoms with Crippen molar-refractivity contribution in [2.75, 3.05) is 33.7 Å². The van der Waals surface area contributed by atoms with Crippen molar-refractivity contribution in [1.29, 1.82) is 0 Å². The van der Waals surface area contributed by atoms with Gasteiger partial charge in [0, 0.05) is 38.8 Å². The number of piperidine rings is 1. The summed E-state index contributed by atoms with van der Waals surface area (Å²) in [5.41, 5.74) is 1.62. The van der Waals surface area contributed by atoms with E-state index in [-0.39, 0.29) is 11.9 Å². The SMILES string of the molecule is C[C@@H]1CCCCN1CCCCNC(=O)NCc1ccc(C(=O)N(C)C)cc1. The van der Waals surface area contributed by atoms with Gasteiger partial charge in [0.15, 0.2) is 0 Å². The number of unbranched alkanes of at least 4 members (excludes halogenated alkanes) is 1. The van der Waals surface area contributed by atoms with Gasteiger partial charge >= 0.3 is 6.03 Å². The predicted octanol–water partition coefficient (Wildman–Crippen LogP) is 2.84. The van der Waals surface area contributed by atoms with Crippen molar-refractivity contribution in [3.05, 3.63) is 35.4 Å². The van der Waals surface area contributed by atoms with Crippen LogP contribution in [0, 0.1) is 0 Å². The monoisotopic (exact) mass is 374 g/mol. The van der Waals surface area contributed by atoms with E-state index in [1.54, 1.807) is 31.1 Å². The van der Waals surface area contributed by atoms with E-state index < -0.39 is 0 Å². The molecule has 1 aliphatic rings. The fourth-order valence-electron chi connectivity index (χ4n) is 3.40. The Kier molecular flexibility index (Phi) is 8.58. The minimum atomic E-state index is -0.144. The van der Waals surface area contributed by atoms with Crippen LogP contribution in [-0.4, -0.2) is 61.5 Å². The van der Waals surface area contributed by atoms with Crippen LogP contribution in [0.4, 0.5) is 4.79 Å². The maximum Gasteiger partial charge on any atom is 0.315 e. The van der Waals surface area contributed by atoms with Crippen LogP contribution in [0.25, 0.3) is 0 Å². The Bertz CT molecular complexity index is 601. The number of benzene rings is 1. The summed E-state index contributed by atoms with van der Waals surface area (Å²) in [5, 5.41) is 5.78. The number of carbonyl (C=O) groups is 2. The molecule has 1 saturated heterocycles. The van der Waals surface area contributed by atoms with Crippen LogP contribution in [0.3, 0.4) is 0 Å². The van der Waals surface area contributed by atoms with E-state index in [1.807, 2.05) is 12.1 Å². The highest BCUT2D eigenvalue weighted by Gasteiger charge is 2.17. The molecule has 1 heterocycles. The molecular formula is C21H34N4O2. The van der Waals surface area contributed by atoms with Crippen LogP contribution in [-0.2, 0) is 6.54 Å². The topological polar surface area (TPSA) is 64.7 Å². The normalized spacial score (nSPS) is 17.4. The van der Waals surface area contributed by atoms with E-state index in [1.165, 1.54) is 25.8 Å². The van der Waals surface area contributed by atoms with Gasteiger partial charge in [-0.1, -0.05) is 18.6 Å². The van der Waals surface area contributed by atoms with E-state index in [0.29, 0.717) is 24.7 Å². The lowest BCUT2D eigenvalue weighted by Crippen LogP contribution is -2.38. The van der Waals surface area contributed by atoms with E-state index in [0.717, 1.165) is 24.9 Å². The Morgan fingerprint density at radius 3 is 2.52 bits per heavy atom. The standard InChI is InChI=1S/C21H34N4O2/c1-17-8-4-6-14-25(17)15-7-5-13-22-21(27)23-16-18-9-11-19(12-10-18)20(26)24(2)3/h9-12,17H,4-8,13-16H2,1-3H3,(H2,22,23,27)/t17-/m1/s1. The van der Waals surface area contributed by atoms with E-state index in [9.17, 15) is 9.59 Å². The molecule has 27 heavy (non-hydrogen) atoms. The predicted molar refractivity (Wildman–Crippen MR) is 109 cm³/mol. The summed E-state index contributed by atoms with van der Waals surface area (Å²) in [6.45, 7) is 5.81. The third kappa shape index (κ3) is 7.21. The summed E-state index contributed by atoms with van der Waals surface area (Å²) in [6, 6.07) is 7.88. The number of likely N-dealkylation sites (tertiary alicyclic amines) is 1.